The number of ether oxygens (including phenoxy) is 3. The molecule has 2 unspecified atom stereocenters. The van der Waals surface area contributed by atoms with E-state index in [0.717, 1.165) is 32.1 Å². The van der Waals surface area contributed by atoms with E-state index in [4.69, 9.17) is 18.7 Å². The number of carbonyl (C=O) groups excluding carboxylic acids is 1. The van der Waals surface area contributed by atoms with Crippen molar-refractivity contribution in [3.05, 3.63) is 24.1 Å². The van der Waals surface area contributed by atoms with E-state index in [9.17, 15) is 9.90 Å². The van der Waals surface area contributed by atoms with Gasteiger partial charge < -0.3 is 23.8 Å². The fraction of sp³-hybridized carbons (Fsp3) is 0.591. The Morgan fingerprint density at radius 3 is 2.63 bits per heavy atom. The molecule has 8 nitrogen and oxygen atoms in total. The van der Waals surface area contributed by atoms with E-state index >= 15 is 0 Å². The van der Waals surface area contributed by atoms with Gasteiger partial charge in [0.1, 0.15) is 11.5 Å². The highest BCUT2D eigenvalue weighted by atomic mass is 16.6. The summed E-state index contributed by atoms with van der Waals surface area (Å²) in [4.78, 5) is 17.4. The predicted octanol–water partition coefficient (Wildman–Crippen LogP) is 3.13. The lowest BCUT2D eigenvalue weighted by molar-refractivity contribution is -0.197. The Morgan fingerprint density at radius 2 is 1.97 bits per heavy atom. The van der Waals surface area contributed by atoms with E-state index in [-0.39, 0.29) is 18.5 Å². The van der Waals surface area contributed by atoms with Crippen LogP contribution in [0.2, 0.25) is 0 Å². The fourth-order valence-corrected chi connectivity index (χ4v) is 6.14. The summed E-state index contributed by atoms with van der Waals surface area (Å²) in [7, 11) is 3.14. The molecule has 30 heavy (non-hydrogen) atoms. The lowest BCUT2D eigenvalue weighted by Gasteiger charge is -2.58. The summed E-state index contributed by atoms with van der Waals surface area (Å²) in [5, 5.41) is 14.8. The highest BCUT2D eigenvalue weighted by molar-refractivity contribution is 5.77. The van der Waals surface area contributed by atoms with E-state index in [2.05, 4.69) is 10.1 Å². The Labute approximate surface area is 174 Å². The van der Waals surface area contributed by atoms with Crippen LogP contribution in [0, 0.1) is 17.3 Å². The topological polar surface area (TPSA) is 104 Å². The fourth-order valence-electron chi connectivity index (χ4n) is 6.14. The first-order valence-electron chi connectivity index (χ1n) is 10.4. The lowest BCUT2D eigenvalue weighted by atomic mass is 9.48. The van der Waals surface area contributed by atoms with E-state index in [1.54, 1.807) is 32.4 Å². The molecule has 4 aliphatic carbocycles. The van der Waals surface area contributed by atoms with Crippen LogP contribution in [-0.4, -0.2) is 41.0 Å². The molecule has 2 aromatic rings. The Bertz CT molecular complexity index is 956. The third kappa shape index (κ3) is 3.23. The lowest BCUT2D eigenvalue weighted by Crippen LogP contribution is -2.58. The van der Waals surface area contributed by atoms with Crippen LogP contribution >= 0.6 is 0 Å². The van der Waals surface area contributed by atoms with E-state index in [0.29, 0.717) is 41.1 Å². The summed E-state index contributed by atoms with van der Waals surface area (Å²) in [6, 6.07) is 5.31. The van der Waals surface area contributed by atoms with Gasteiger partial charge in [-0.2, -0.15) is 4.98 Å². The molecular weight excluding hydrogens is 388 g/mol. The van der Waals surface area contributed by atoms with Gasteiger partial charge in [-0.25, -0.2) is 0 Å². The molecule has 4 aliphatic rings. The van der Waals surface area contributed by atoms with Crippen molar-refractivity contribution in [2.24, 2.45) is 17.3 Å². The first-order chi connectivity index (χ1) is 14.4. The van der Waals surface area contributed by atoms with Gasteiger partial charge in [0.15, 0.2) is 6.61 Å². The third-order valence-electron chi connectivity index (χ3n) is 6.91. The monoisotopic (exact) mass is 414 g/mol. The molecule has 4 atom stereocenters. The first-order valence-corrected chi connectivity index (χ1v) is 10.4. The maximum absolute atomic E-state index is 13.0. The van der Waals surface area contributed by atoms with Gasteiger partial charge in [-0.3, -0.25) is 4.79 Å². The second-order valence-electron chi connectivity index (χ2n) is 9.12. The SMILES string of the molecule is COc1ccc(-c2noc(COC(=O)C34C[C@@H]5C[C@@H](CC(O)(C5)C3)C4)n2)c(OC)c1. The van der Waals surface area contributed by atoms with Crippen molar-refractivity contribution in [2.45, 2.75) is 50.7 Å². The summed E-state index contributed by atoms with van der Waals surface area (Å²) in [5.41, 5.74) is -0.616. The highest BCUT2D eigenvalue weighted by Gasteiger charge is 2.60. The Kier molecular flexibility index (Phi) is 4.50. The van der Waals surface area contributed by atoms with Crippen LogP contribution in [-0.2, 0) is 16.1 Å². The first kappa shape index (κ1) is 19.4. The molecule has 1 N–H and O–H groups in total. The van der Waals surface area contributed by atoms with Crippen molar-refractivity contribution >= 4 is 5.97 Å². The number of aromatic nitrogens is 2. The zero-order chi connectivity index (χ0) is 20.9. The van der Waals surface area contributed by atoms with Crippen molar-refractivity contribution in [1.29, 1.82) is 0 Å². The molecule has 1 aromatic heterocycles. The molecular formula is C22H26N2O6. The van der Waals surface area contributed by atoms with Crippen LogP contribution in [0.15, 0.2) is 22.7 Å². The maximum atomic E-state index is 13.0. The smallest absolute Gasteiger partial charge is 0.312 e. The molecule has 4 bridgehead atoms. The van der Waals surface area contributed by atoms with Crippen LogP contribution in [0.25, 0.3) is 11.4 Å². The number of esters is 1. The Balaban J connectivity index is 1.28. The van der Waals surface area contributed by atoms with Crippen molar-refractivity contribution in [1.82, 2.24) is 10.1 Å². The van der Waals surface area contributed by atoms with Crippen LogP contribution in [0.3, 0.4) is 0 Å². The minimum Gasteiger partial charge on any atom is -0.497 e. The molecule has 0 radical (unpaired) electrons. The quantitative estimate of drug-likeness (QED) is 0.719. The van der Waals surface area contributed by atoms with Crippen molar-refractivity contribution in [3.63, 3.8) is 0 Å². The zero-order valence-electron chi connectivity index (χ0n) is 17.2. The molecule has 0 spiro atoms. The molecule has 0 saturated heterocycles. The average Bonchev–Trinajstić information content (AvgIpc) is 3.18. The number of hydrogen-bond acceptors (Lipinski definition) is 8. The highest BCUT2D eigenvalue weighted by Crippen LogP contribution is 2.62. The van der Waals surface area contributed by atoms with E-state index < -0.39 is 11.0 Å². The van der Waals surface area contributed by atoms with Crippen LogP contribution in [0.1, 0.15) is 44.4 Å². The van der Waals surface area contributed by atoms with E-state index in [1.165, 1.54) is 0 Å². The Hall–Kier alpha value is -2.61. The number of methoxy groups -OCH3 is 2. The summed E-state index contributed by atoms with van der Waals surface area (Å²) in [6.07, 6.45) is 4.87. The molecule has 0 aliphatic heterocycles. The summed E-state index contributed by atoms with van der Waals surface area (Å²) in [6.45, 7) is -0.0835. The molecule has 6 rings (SSSR count). The second-order valence-corrected chi connectivity index (χ2v) is 9.12. The minimum atomic E-state index is -0.703. The molecule has 160 valence electrons. The molecule has 4 fully saturated rings. The number of aliphatic hydroxyl groups is 1. The van der Waals surface area contributed by atoms with Crippen molar-refractivity contribution in [2.75, 3.05) is 14.2 Å². The number of nitrogens with zero attached hydrogens (tertiary/aromatic N) is 2. The molecule has 4 saturated carbocycles. The number of carbonyl (C=O) groups is 1. The third-order valence-corrected chi connectivity index (χ3v) is 6.91. The largest absolute Gasteiger partial charge is 0.497 e. The van der Waals surface area contributed by atoms with Gasteiger partial charge in [0.05, 0.1) is 30.8 Å². The van der Waals surface area contributed by atoms with Gasteiger partial charge in [-0.05, 0) is 62.5 Å². The Morgan fingerprint density at radius 1 is 1.20 bits per heavy atom. The van der Waals surface area contributed by atoms with Crippen LogP contribution < -0.4 is 9.47 Å². The van der Waals surface area contributed by atoms with Crippen molar-refractivity contribution < 1.29 is 28.6 Å². The van der Waals surface area contributed by atoms with Gasteiger partial charge in [-0.1, -0.05) is 5.16 Å². The molecule has 0 amide bonds. The zero-order valence-corrected chi connectivity index (χ0v) is 17.2. The van der Waals surface area contributed by atoms with Crippen molar-refractivity contribution in [3.8, 4) is 22.9 Å². The van der Waals surface area contributed by atoms with Gasteiger partial charge in [0.25, 0.3) is 5.89 Å². The van der Waals surface area contributed by atoms with Crippen LogP contribution in [0.5, 0.6) is 11.5 Å². The molecule has 1 heterocycles. The summed E-state index contributed by atoms with van der Waals surface area (Å²) in [5.74, 6) is 2.37. The normalized spacial score (nSPS) is 31.6. The molecule has 1 aromatic carbocycles. The maximum Gasteiger partial charge on any atom is 0.312 e. The average molecular weight is 414 g/mol. The van der Waals surface area contributed by atoms with Gasteiger partial charge in [0, 0.05) is 6.07 Å². The van der Waals surface area contributed by atoms with Gasteiger partial charge in [0.2, 0.25) is 5.82 Å². The van der Waals surface area contributed by atoms with Crippen LogP contribution in [0.4, 0.5) is 0 Å². The second kappa shape index (κ2) is 6.97. The van der Waals surface area contributed by atoms with Gasteiger partial charge in [-0.15, -0.1) is 0 Å². The summed E-state index contributed by atoms with van der Waals surface area (Å²) < 4.78 is 21.5. The minimum absolute atomic E-state index is 0.0835. The standard InChI is InChI=1S/C22H26N2O6/c1-27-15-3-4-16(17(6-15)28-2)19-23-18(30-24-19)11-29-20(25)21-7-13-5-14(8-21)10-22(26,9-13)12-21/h3-4,6,13-14,26H,5,7-12H2,1-2H3/t13-,14+,21?,22?. The van der Waals surface area contributed by atoms with Gasteiger partial charge >= 0.3 is 5.97 Å². The number of hydrogen-bond donors (Lipinski definition) is 1. The summed E-state index contributed by atoms with van der Waals surface area (Å²) >= 11 is 0. The number of rotatable bonds is 6. The molecule has 8 heteroatoms. The van der Waals surface area contributed by atoms with E-state index in [1.807, 2.05) is 0 Å². The number of benzene rings is 1. The predicted molar refractivity (Wildman–Crippen MR) is 105 cm³/mol.